The Bertz CT molecular complexity index is 384. The summed E-state index contributed by atoms with van der Waals surface area (Å²) in [5, 5.41) is 3.24. The Morgan fingerprint density at radius 1 is 1.29 bits per heavy atom. The number of ether oxygens (including phenoxy) is 1. The molecule has 1 saturated heterocycles. The normalized spacial score (nSPS) is 16.4. The standard InChI is InChI=1S/C11H13BrF2N2O/c12-9-2-1-8(7-10(9)17-11(13)14)16-5-3-15-4-6-16/h1-2,7,11,15H,3-6H2. The first-order valence-corrected chi connectivity index (χ1v) is 6.16. The fraction of sp³-hybridized carbons (Fsp3) is 0.455. The molecule has 0 unspecified atom stereocenters. The maximum Gasteiger partial charge on any atom is 0.387 e. The molecule has 0 bridgehead atoms. The van der Waals surface area contributed by atoms with Gasteiger partial charge in [-0.2, -0.15) is 8.78 Å². The van der Waals surface area contributed by atoms with Crippen LogP contribution in [-0.2, 0) is 0 Å². The van der Waals surface area contributed by atoms with E-state index in [1.165, 1.54) is 0 Å². The largest absolute Gasteiger partial charge is 0.434 e. The Labute approximate surface area is 107 Å². The molecule has 3 nitrogen and oxygen atoms in total. The van der Waals surface area contributed by atoms with Crippen molar-refractivity contribution in [1.82, 2.24) is 5.32 Å². The molecule has 0 spiro atoms. The highest BCUT2D eigenvalue weighted by atomic mass is 79.9. The molecule has 1 fully saturated rings. The van der Waals surface area contributed by atoms with Crippen LogP contribution in [0.5, 0.6) is 5.75 Å². The quantitative estimate of drug-likeness (QED) is 0.928. The van der Waals surface area contributed by atoms with Crippen LogP contribution in [0.2, 0.25) is 0 Å². The van der Waals surface area contributed by atoms with Gasteiger partial charge in [0.15, 0.2) is 0 Å². The molecule has 1 aromatic rings. The van der Waals surface area contributed by atoms with Crippen LogP contribution < -0.4 is 15.0 Å². The predicted molar refractivity (Wildman–Crippen MR) is 65.9 cm³/mol. The van der Waals surface area contributed by atoms with Gasteiger partial charge >= 0.3 is 6.61 Å². The smallest absolute Gasteiger partial charge is 0.387 e. The average Bonchev–Trinajstić information content (AvgIpc) is 2.32. The molecular formula is C11H13BrF2N2O. The van der Waals surface area contributed by atoms with Crippen molar-refractivity contribution < 1.29 is 13.5 Å². The van der Waals surface area contributed by atoms with Gasteiger partial charge in [-0.1, -0.05) is 0 Å². The van der Waals surface area contributed by atoms with Crippen molar-refractivity contribution in [3.8, 4) is 5.75 Å². The Hall–Kier alpha value is -0.880. The van der Waals surface area contributed by atoms with E-state index >= 15 is 0 Å². The van der Waals surface area contributed by atoms with E-state index in [1.54, 1.807) is 12.1 Å². The van der Waals surface area contributed by atoms with E-state index < -0.39 is 6.61 Å². The molecule has 1 aliphatic rings. The van der Waals surface area contributed by atoms with Gasteiger partial charge in [0.05, 0.1) is 4.47 Å². The van der Waals surface area contributed by atoms with Gasteiger partial charge in [-0.15, -0.1) is 0 Å². The summed E-state index contributed by atoms with van der Waals surface area (Å²) in [6.07, 6.45) is 0. The molecule has 1 N–H and O–H groups in total. The number of hydrogen-bond donors (Lipinski definition) is 1. The summed E-state index contributed by atoms with van der Waals surface area (Å²) in [7, 11) is 0. The minimum atomic E-state index is -2.80. The van der Waals surface area contributed by atoms with Crippen molar-refractivity contribution >= 4 is 21.6 Å². The number of piperazine rings is 1. The van der Waals surface area contributed by atoms with Crippen LogP contribution in [0.4, 0.5) is 14.5 Å². The second-order valence-electron chi connectivity index (χ2n) is 3.73. The fourth-order valence-corrected chi connectivity index (χ4v) is 2.14. The summed E-state index contributed by atoms with van der Waals surface area (Å²) in [5.41, 5.74) is 0.908. The molecule has 0 atom stereocenters. The zero-order chi connectivity index (χ0) is 12.3. The molecule has 0 amide bonds. The van der Waals surface area contributed by atoms with Crippen LogP contribution in [0.1, 0.15) is 0 Å². The lowest BCUT2D eigenvalue weighted by Crippen LogP contribution is -2.43. The van der Waals surface area contributed by atoms with Crippen molar-refractivity contribution in [2.24, 2.45) is 0 Å². The summed E-state index contributed by atoms with van der Waals surface area (Å²) >= 11 is 3.19. The van der Waals surface area contributed by atoms with E-state index in [1.807, 2.05) is 6.07 Å². The van der Waals surface area contributed by atoms with Crippen molar-refractivity contribution in [1.29, 1.82) is 0 Å². The molecular weight excluding hydrogens is 294 g/mol. The third-order valence-electron chi connectivity index (χ3n) is 2.61. The maximum absolute atomic E-state index is 12.2. The van der Waals surface area contributed by atoms with E-state index in [2.05, 4.69) is 30.9 Å². The average molecular weight is 307 g/mol. The monoisotopic (exact) mass is 306 g/mol. The highest BCUT2D eigenvalue weighted by Crippen LogP contribution is 2.31. The van der Waals surface area contributed by atoms with E-state index in [0.29, 0.717) is 4.47 Å². The molecule has 2 rings (SSSR count). The second kappa shape index (κ2) is 5.64. The van der Waals surface area contributed by atoms with Crippen molar-refractivity contribution in [2.75, 3.05) is 31.1 Å². The highest BCUT2D eigenvalue weighted by Gasteiger charge is 2.14. The first-order chi connectivity index (χ1) is 8.16. The molecule has 1 aliphatic heterocycles. The van der Waals surface area contributed by atoms with Crippen LogP contribution in [0.15, 0.2) is 22.7 Å². The Kier molecular flexibility index (Phi) is 4.17. The molecule has 0 radical (unpaired) electrons. The lowest BCUT2D eigenvalue weighted by Gasteiger charge is -2.29. The first-order valence-electron chi connectivity index (χ1n) is 5.37. The topological polar surface area (TPSA) is 24.5 Å². The summed E-state index contributed by atoms with van der Waals surface area (Å²) in [4.78, 5) is 2.14. The van der Waals surface area contributed by atoms with E-state index in [4.69, 9.17) is 0 Å². The van der Waals surface area contributed by atoms with Gasteiger partial charge in [0.1, 0.15) is 5.75 Å². The lowest BCUT2D eigenvalue weighted by atomic mass is 10.2. The van der Waals surface area contributed by atoms with E-state index in [-0.39, 0.29) is 5.75 Å². The highest BCUT2D eigenvalue weighted by molar-refractivity contribution is 9.10. The Balaban J connectivity index is 2.17. The van der Waals surface area contributed by atoms with Crippen LogP contribution in [0.25, 0.3) is 0 Å². The SMILES string of the molecule is FC(F)Oc1cc(N2CCNCC2)ccc1Br. The Morgan fingerprint density at radius 3 is 2.65 bits per heavy atom. The zero-order valence-electron chi connectivity index (χ0n) is 9.13. The molecule has 17 heavy (non-hydrogen) atoms. The molecule has 6 heteroatoms. The number of hydrogen-bond acceptors (Lipinski definition) is 3. The zero-order valence-corrected chi connectivity index (χ0v) is 10.7. The number of anilines is 1. The van der Waals surface area contributed by atoms with Crippen LogP contribution in [0.3, 0.4) is 0 Å². The van der Waals surface area contributed by atoms with Crippen LogP contribution >= 0.6 is 15.9 Å². The molecule has 0 aliphatic carbocycles. The first kappa shape index (κ1) is 12.6. The number of nitrogens with one attached hydrogen (secondary N) is 1. The molecule has 1 heterocycles. The van der Waals surface area contributed by atoms with Crippen LogP contribution in [0, 0.1) is 0 Å². The summed E-state index contributed by atoms with van der Waals surface area (Å²) < 4.78 is 29.4. The van der Waals surface area contributed by atoms with Gasteiger partial charge < -0.3 is 15.0 Å². The van der Waals surface area contributed by atoms with E-state index in [9.17, 15) is 8.78 Å². The third-order valence-corrected chi connectivity index (χ3v) is 3.27. The van der Waals surface area contributed by atoms with Gasteiger partial charge in [0.2, 0.25) is 0 Å². The minimum absolute atomic E-state index is 0.177. The molecule has 1 aromatic carbocycles. The number of halogens is 3. The van der Waals surface area contributed by atoms with Crippen molar-refractivity contribution in [2.45, 2.75) is 6.61 Å². The molecule has 0 saturated carbocycles. The summed E-state index contributed by atoms with van der Waals surface area (Å²) in [5.74, 6) is 0.177. The summed E-state index contributed by atoms with van der Waals surface area (Å²) in [6, 6.07) is 5.27. The van der Waals surface area contributed by atoms with Gasteiger partial charge in [-0.3, -0.25) is 0 Å². The van der Waals surface area contributed by atoms with Crippen LogP contribution in [-0.4, -0.2) is 32.8 Å². The predicted octanol–water partition coefficient (Wildman–Crippen LogP) is 2.46. The minimum Gasteiger partial charge on any atom is -0.434 e. The fourth-order valence-electron chi connectivity index (χ4n) is 1.80. The number of alkyl halides is 2. The molecule has 94 valence electrons. The van der Waals surface area contributed by atoms with Gasteiger partial charge in [-0.25, -0.2) is 0 Å². The number of rotatable bonds is 3. The van der Waals surface area contributed by atoms with Gasteiger partial charge in [-0.05, 0) is 28.1 Å². The second-order valence-corrected chi connectivity index (χ2v) is 4.58. The van der Waals surface area contributed by atoms with E-state index in [0.717, 1.165) is 31.9 Å². The third kappa shape index (κ3) is 3.29. The lowest BCUT2D eigenvalue weighted by molar-refractivity contribution is -0.0503. The molecule has 0 aromatic heterocycles. The Morgan fingerprint density at radius 2 is 2.00 bits per heavy atom. The maximum atomic E-state index is 12.2. The van der Waals surface area contributed by atoms with Gasteiger partial charge in [0, 0.05) is 37.9 Å². The number of benzene rings is 1. The van der Waals surface area contributed by atoms with Crippen molar-refractivity contribution in [3.05, 3.63) is 22.7 Å². The van der Waals surface area contributed by atoms with Crippen molar-refractivity contribution in [3.63, 3.8) is 0 Å². The summed E-state index contributed by atoms with van der Waals surface area (Å²) in [6.45, 7) is 0.748. The number of nitrogens with zero attached hydrogens (tertiary/aromatic N) is 1. The van der Waals surface area contributed by atoms with Gasteiger partial charge in [0.25, 0.3) is 0 Å².